The number of nitrogens with one attached hydrogen (secondary N) is 1. The van der Waals surface area contributed by atoms with Crippen LogP contribution in [-0.4, -0.2) is 70.1 Å². The van der Waals surface area contributed by atoms with Crippen molar-refractivity contribution in [1.29, 1.82) is 0 Å². The first-order valence-corrected chi connectivity index (χ1v) is 8.67. The van der Waals surface area contributed by atoms with Crippen LogP contribution >= 0.6 is 0 Å². The van der Waals surface area contributed by atoms with Crippen molar-refractivity contribution in [3.8, 4) is 0 Å². The first-order valence-electron chi connectivity index (χ1n) is 8.67. The van der Waals surface area contributed by atoms with Crippen LogP contribution in [-0.2, 0) is 16.1 Å². The van der Waals surface area contributed by atoms with Gasteiger partial charge in [-0.05, 0) is 19.4 Å². The summed E-state index contributed by atoms with van der Waals surface area (Å²) < 4.78 is 5.35. The van der Waals surface area contributed by atoms with E-state index in [1.807, 2.05) is 11.1 Å². The first kappa shape index (κ1) is 15.5. The van der Waals surface area contributed by atoms with E-state index in [0.29, 0.717) is 19.1 Å². The highest BCUT2D eigenvalue weighted by atomic mass is 16.5. The van der Waals surface area contributed by atoms with Crippen molar-refractivity contribution in [2.75, 3.05) is 39.4 Å². The Kier molecular flexibility index (Phi) is 4.44. The van der Waals surface area contributed by atoms with E-state index in [0.717, 1.165) is 62.3 Å². The number of rotatable bonds is 3. The Morgan fingerprint density at radius 3 is 2.96 bits per heavy atom. The molecular weight excluding hydrogens is 306 g/mol. The molecule has 0 bridgehead atoms. The number of nitrogens with zero attached hydrogens (tertiary/aromatic N) is 4. The molecule has 2 aliphatic rings. The van der Waals surface area contributed by atoms with Crippen molar-refractivity contribution in [3.63, 3.8) is 0 Å². The average Bonchev–Trinajstić information content (AvgIpc) is 3.05. The summed E-state index contributed by atoms with van der Waals surface area (Å²) in [7, 11) is 0. The molecule has 128 valence electrons. The molecule has 0 aromatic carbocycles. The number of aromatic nitrogens is 3. The number of carbonyl (C=O) groups excluding carboxylic acids is 1. The predicted octanol–water partition coefficient (Wildman–Crippen LogP) is 1.03. The molecule has 4 rings (SSSR count). The lowest BCUT2D eigenvalue weighted by atomic mass is 9.96. The van der Waals surface area contributed by atoms with E-state index in [2.05, 4.69) is 19.9 Å². The van der Waals surface area contributed by atoms with Crippen molar-refractivity contribution in [2.24, 2.45) is 5.92 Å². The van der Waals surface area contributed by atoms with Gasteiger partial charge in [0.25, 0.3) is 0 Å². The van der Waals surface area contributed by atoms with Gasteiger partial charge in [-0.2, -0.15) is 0 Å². The summed E-state index contributed by atoms with van der Waals surface area (Å²) in [6, 6.07) is 0. The van der Waals surface area contributed by atoms with Crippen LogP contribution in [0.2, 0.25) is 0 Å². The van der Waals surface area contributed by atoms with Gasteiger partial charge in [-0.3, -0.25) is 14.7 Å². The van der Waals surface area contributed by atoms with Crippen molar-refractivity contribution in [1.82, 2.24) is 24.8 Å². The monoisotopic (exact) mass is 329 g/mol. The van der Waals surface area contributed by atoms with Crippen LogP contribution < -0.4 is 0 Å². The van der Waals surface area contributed by atoms with Crippen molar-refractivity contribution < 1.29 is 9.53 Å². The summed E-state index contributed by atoms with van der Waals surface area (Å²) in [5.41, 5.74) is 2.90. The molecular formula is C17H23N5O2. The minimum absolute atomic E-state index is 0.105. The van der Waals surface area contributed by atoms with Crippen LogP contribution in [0.25, 0.3) is 11.2 Å². The summed E-state index contributed by atoms with van der Waals surface area (Å²) in [6.45, 7) is 5.45. The van der Waals surface area contributed by atoms with Crippen molar-refractivity contribution in [3.05, 3.63) is 24.2 Å². The number of H-pyrrole nitrogens is 1. The van der Waals surface area contributed by atoms with E-state index in [1.165, 1.54) is 0 Å². The Labute approximate surface area is 141 Å². The molecule has 2 aromatic rings. The van der Waals surface area contributed by atoms with Gasteiger partial charge in [0, 0.05) is 50.3 Å². The highest BCUT2D eigenvalue weighted by Crippen LogP contribution is 2.23. The Morgan fingerprint density at radius 2 is 2.08 bits per heavy atom. The molecule has 4 heterocycles. The molecule has 1 atom stereocenters. The molecule has 1 unspecified atom stereocenters. The fraction of sp³-hybridized carbons (Fsp3) is 0.588. The van der Waals surface area contributed by atoms with Crippen LogP contribution in [0.15, 0.2) is 18.6 Å². The van der Waals surface area contributed by atoms with Gasteiger partial charge in [0.2, 0.25) is 5.91 Å². The summed E-state index contributed by atoms with van der Waals surface area (Å²) in [4.78, 5) is 28.9. The number of piperidine rings is 1. The highest BCUT2D eigenvalue weighted by Gasteiger charge is 2.30. The molecule has 24 heavy (non-hydrogen) atoms. The molecule has 7 heteroatoms. The first-order chi connectivity index (χ1) is 11.8. The molecule has 0 saturated carbocycles. The van der Waals surface area contributed by atoms with Crippen LogP contribution in [0.4, 0.5) is 0 Å². The molecule has 2 saturated heterocycles. The Morgan fingerprint density at radius 1 is 1.25 bits per heavy atom. The zero-order valence-electron chi connectivity index (χ0n) is 13.8. The zero-order chi connectivity index (χ0) is 16.4. The fourth-order valence-corrected chi connectivity index (χ4v) is 3.71. The summed E-state index contributed by atoms with van der Waals surface area (Å²) in [6.07, 6.45) is 7.45. The molecule has 1 N–H and O–H groups in total. The number of likely N-dealkylation sites (tertiary alicyclic amines) is 1. The lowest BCUT2D eigenvalue weighted by Gasteiger charge is -2.36. The van der Waals surface area contributed by atoms with E-state index in [-0.39, 0.29) is 5.92 Å². The fourth-order valence-electron chi connectivity index (χ4n) is 3.71. The van der Waals surface area contributed by atoms with Gasteiger partial charge in [0.05, 0.1) is 19.1 Å². The minimum atomic E-state index is 0.105. The normalized spacial score (nSPS) is 22.8. The van der Waals surface area contributed by atoms with Gasteiger partial charge >= 0.3 is 0 Å². The molecule has 7 nitrogen and oxygen atoms in total. The smallest absolute Gasteiger partial charge is 0.227 e. The van der Waals surface area contributed by atoms with Gasteiger partial charge in [-0.25, -0.2) is 4.98 Å². The third kappa shape index (κ3) is 3.14. The maximum Gasteiger partial charge on any atom is 0.227 e. The lowest BCUT2D eigenvalue weighted by molar-refractivity contribution is -0.141. The summed E-state index contributed by atoms with van der Waals surface area (Å²) in [5.74, 6) is 0.398. The molecule has 0 spiro atoms. The number of morpholine rings is 1. The summed E-state index contributed by atoms with van der Waals surface area (Å²) >= 11 is 0. The molecule has 2 aliphatic heterocycles. The van der Waals surface area contributed by atoms with E-state index in [9.17, 15) is 4.79 Å². The van der Waals surface area contributed by atoms with E-state index >= 15 is 0 Å². The second-order valence-electron chi connectivity index (χ2n) is 6.58. The van der Waals surface area contributed by atoms with Crippen molar-refractivity contribution in [2.45, 2.75) is 19.4 Å². The second-order valence-corrected chi connectivity index (χ2v) is 6.58. The predicted molar refractivity (Wildman–Crippen MR) is 89.3 cm³/mol. The number of aromatic amines is 1. The third-order valence-electron chi connectivity index (χ3n) is 4.96. The maximum absolute atomic E-state index is 12.7. The molecule has 0 radical (unpaired) electrons. The number of hydrogen-bond acceptors (Lipinski definition) is 5. The molecule has 2 aromatic heterocycles. The number of carbonyl (C=O) groups is 1. The Hall–Kier alpha value is -1.99. The quantitative estimate of drug-likeness (QED) is 0.910. The summed E-state index contributed by atoms with van der Waals surface area (Å²) in [5, 5.41) is 0. The van der Waals surface area contributed by atoms with Gasteiger partial charge < -0.3 is 14.6 Å². The number of amides is 1. The largest absolute Gasteiger partial charge is 0.378 e. The number of fused-ring (bicyclic) bond motifs is 1. The van der Waals surface area contributed by atoms with Crippen molar-refractivity contribution >= 4 is 17.1 Å². The lowest BCUT2D eigenvalue weighted by Crippen LogP contribution is -2.48. The minimum Gasteiger partial charge on any atom is -0.378 e. The van der Waals surface area contributed by atoms with E-state index in [4.69, 9.17) is 4.74 Å². The zero-order valence-corrected chi connectivity index (χ0v) is 13.8. The molecule has 0 aliphatic carbocycles. The van der Waals surface area contributed by atoms with Crippen LogP contribution in [0, 0.1) is 5.92 Å². The van der Waals surface area contributed by atoms with E-state index in [1.54, 1.807) is 12.4 Å². The number of ether oxygens (including phenoxy) is 1. The molecule has 1 amide bonds. The number of hydrogen-bond donors (Lipinski definition) is 1. The maximum atomic E-state index is 12.7. The SMILES string of the molecule is O=C(C1CCCN(Cc2c[nH]c3nccnc23)C1)N1CCOCC1. The topological polar surface area (TPSA) is 74.4 Å². The highest BCUT2D eigenvalue weighted by molar-refractivity contribution is 5.79. The van der Waals surface area contributed by atoms with Gasteiger partial charge in [-0.1, -0.05) is 0 Å². The second kappa shape index (κ2) is 6.86. The van der Waals surface area contributed by atoms with E-state index < -0.39 is 0 Å². The van der Waals surface area contributed by atoms with Crippen LogP contribution in [0.5, 0.6) is 0 Å². The third-order valence-corrected chi connectivity index (χ3v) is 4.96. The van der Waals surface area contributed by atoms with Gasteiger partial charge in [0.1, 0.15) is 5.52 Å². The van der Waals surface area contributed by atoms with Gasteiger partial charge in [-0.15, -0.1) is 0 Å². The van der Waals surface area contributed by atoms with Gasteiger partial charge in [0.15, 0.2) is 5.65 Å². The molecule has 2 fully saturated rings. The average molecular weight is 329 g/mol. The van der Waals surface area contributed by atoms with Crippen LogP contribution in [0.3, 0.4) is 0 Å². The Bertz CT molecular complexity index is 710. The standard InChI is InChI=1S/C17H23N5O2/c23-17(22-6-8-24-9-7-22)13-2-1-5-21(11-13)12-14-10-20-16-15(14)18-3-4-19-16/h3-4,10,13H,1-2,5-9,11-12H2,(H,19,20). The Balaban J connectivity index is 1.42. The van der Waals surface area contributed by atoms with Crippen LogP contribution in [0.1, 0.15) is 18.4 Å².